The van der Waals surface area contributed by atoms with Crippen LogP contribution in [-0.4, -0.2) is 42.1 Å². The summed E-state index contributed by atoms with van der Waals surface area (Å²) in [5.74, 6) is 1.29. The molecule has 5 aromatic rings. The van der Waals surface area contributed by atoms with Crippen molar-refractivity contribution >= 4 is 52.4 Å². The summed E-state index contributed by atoms with van der Waals surface area (Å²) in [4.78, 5) is 27.3. The summed E-state index contributed by atoms with van der Waals surface area (Å²) in [6.07, 6.45) is 0. The minimum absolute atomic E-state index is 0.132. The molecule has 0 bridgehead atoms. The fraction of sp³-hybridized carbons (Fsp3) is 0.171. The van der Waals surface area contributed by atoms with Crippen molar-refractivity contribution in [3.63, 3.8) is 0 Å². The molecule has 9 heteroatoms. The number of anilines is 2. The third-order valence-electron chi connectivity index (χ3n) is 7.54. The Balaban J connectivity index is 1.10. The molecule has 1 amide bonds. The minimum Gasteiger partial charge on any atom is -0.368 e. The highest BCUT2D eigenvalue weighted by molar-refractivity contribution is 7.98. The Morgan fingerprint density at radius 2 is 1.41 bits per heavy atom. The zero-order valence-electron chi connectivity index (χ0n) is 23.9. The van der Waals surface area contributed by atoms with Crippen molar-refractivity contribution in [1.82, 2.24) is 15.3 Å². The number of hydrogen-bond donors (Lipinski definition) is 1. The molecule has 6 nitrogen and oxygen atoms in total. The summed E-state index contributed by atoms with van der Waals surface area (Å²) >= 11 is 14.1. The number of nitrogens with one attached hydrogen (secondary N) is 1. The first-order valence-corrected chi connectivity index (χ1v) is 16.2. The number of carbonyl (C=O) groups is 1. The normalized spacial score (nSPS) is 13.2. The third-order valence-corrected chi connectivity index (χ3v) is 8.88. The Morgan fingerprint density at radius 3 is 2.09 bits per heavy atom. The summed E-state index contributed by atoms with van der Waals surface area (Å²) in [5, 5.41) is 4.99. The van der Waals surface area contributed by atoms with E-state index in [1.54, 1.807) is 0 Å². The molecule has 0 aliphatic carbocycles. The van der Waals surface area contributed by atoms with Crippen LogP contribution in [0, 0.1) is 0 Å². The number of aromatic nitrogens is 2. The smallest absolute Gasteiger partial charge is 0.252 e. The van der Waals surface area contributed by atoms with Crippen LogP contribution < -0.4 is 15.1 Å². The number of amides is 1. The van der Waals surface area contributed by atoms with Gasteiger partial charge in [0, 0.05) is 54.3 Å². The van der Waals surface area contributed by atoms with Gasteiger partial charge >= 0.3 is 0 Å². The maximum Gasteiger partial charge on any atom is 0.252 e. The van der Waals surface area contributed by atoms with E-state index in [-0.39, 0.29) is 11.9 Å². The van der Waals surface area contributed by atoms with Crippen LogP contribution in [0.25, 0.3) is 0 Å². The number of thioether (sulfide) groups is 1. The predicted octanol–water partition coefficient (Wildman–Crippen LogP) is 7.92. The molecule has 6 rings (SSSR count). The molecule has 1 saturated heterocycles. The van der Waals surface area contributed by atoms with Crippen LogP contribution in [0.2, 0.25) is 10.2 Å². The molecule has 222 valence electrons. The van der Waals surface area contributed by atoms with Gasteiger partial charge in [-0.05, 0) is 47.0 Å². The van der Waals surface area contributed by atoms with Gasteiger partial charge in [-0.15, -0.1) is 0 Å². The van der Waals surface area contributed by atoms with E-state index in [0.717, 1.165) is 59.4 Å². The molecule has 4 aromatic carbocycles. The summed E-state index contributed by atoms with van der Waals surface area (Å²) in [6, 6.07) is 37.2. The highest BCUT2D eigenvalue weighted by Crippen LogP contribution is 2.28. The van der Waals surface area contributed by atoms with Crippen LogP contribution >= 0.6 is 35.0 Å². The standard InChI is InChI=1S/C35H31Cl2N5OS/c36-29-15-8-16-30(22-29)41-17-19-42(20-18-41)32-23-31(37)38-35(39-32)44-24-25-9-7-14-28(21-25)34(43)40-33(26-10-3-1-4-11-26)27-12-5-2-6-13-27/h1-16,21-23,33H,17-20,24H2,(H,40,43). The van der Waals surface area contributed by atoms with E-state index >= 15 is 0 Å². The summed E-state index contributed by atoms with van der Waals surface area (Å²) in [5.41, 5.74) is 4.78. The maximum absolute atomic E-state index is 13.4. The molecule has 1 fully saturated rings. The van der Waals surface area contributed by atoms with Crippen molar-refractivity contribution in [2.75, 3.05) is 36.0 Å². The topological polar surface area (TPSA) is 61.4 Å². The van der Waals surface area contributed by atoms with E-state index < -0.39 is 0 Å². The molecule has 0 atom stereocenters. The van der Waals surface area contributed by atoms with Crippen molar-refractivity contribution < 1.29 is 4.79 Å². The number of piperazine rings is 1. The maximum atomic E-state index is 13.4. The Kier molecular flexibility index (Phi) is 9.66. The van der Waals surface area contributed by atoms with Crippen molar-refractivity contribution in [2.45, 2.75) is 17.0 Å². The van der Waals surface area contributed by atoms with E-state index in [1.165, 1.54) is 11.8 Å². The van der Waals surface area contributed by atoms with Gasteiger partial charge in [-0.2, -0.15) is 0 Å². The second-order valence-corrected chi connectivity index (χ2v) is 12.3. The van der Waals surface area contributed by atoms with Crippen LogP contribution in [0.5, 0.6) is 0 Å². The number of hydrogen-bond acceptors (Lipinski definition) is 6. The first-order chi connectivity index (χ1) is 21.5. The molecule has 0 spiro atoms. The summed E-state index contributed by atoms with van der Waals surface area (Å²) < 4.78 is 0. The predicted molar refractivity (Wildman–Crippen MR) is 181 cm³/mol. The second-order valence-electron chi connectivity index (χ2n) is 10.5. The molecular formula is C35H31Cl2N5OS. The lowest BCUT2D eigenvalue weighted by molar-refractivity contribution is 0.0943. The van der Waals surface area contributed by atoms with Gasteiger partial charge in [0.2, 0.25) is 0 Å². The van der Waals surface area contributed by atoms with Gasteiger partial charge < -0.3 is 15.1 Å². The van der Waals surface area contributed by atoms with E-state index in [2.05, 4.69) is 26.2 Å². The molecule has 1 aliphatic heterocycles. The van der Waals surface area contributed by atoms with E-state index in [9.17, 15) is 4.79 Å². The largest absolute Gasteiger partial charge is 0.368 e. The molecule has 1 aliphatic rings. The van der Waals surface area contributed by atoms with E-state index in [1.807, 2.05) is 109 Å². The summed E-state index contributed by atoms with van der Waals surface area (Å²) in [6.45, 7) is 3.34. The molecule has 0 radical (unpaired) electrons. The Labute approximate surface area is 272 Å². The second kappa shape index (κ2) is 14.2. The number of nitrogens with zero attached hydrogens (tertiary/aromatic N) is 4. The van der Waals surface area contributed by atoms with Crippen LogP contribution in [-0.2, 0) is 5.75 Å². The zero-order valence-corrected chi connectivity index (χ0v) is 26.3. The lowest BCUT2D eigenvalue weighted by atomic mass is 9.98. The molecule has 44 heavy (non-hydrogen) atoms. The summed E-state index contributed by atoms with van der Waals surface area (Å²) in [7, 11) is 0. The molecule has 1 N–H and O–H groups in total. The molecule has 0 unspecified atom stereocenters. The first kappa shape index (κ1) is 30.0. The number of rotatable bonds is 9. The molecule has 2 heterocycles. The van der Waals surface area contributed by atoms with Crippen molar-refractivity contribution in [2.24, 2.45) is 0 Å². The molecular weight excluding hydrogens is 609 g/mol. The van der Waals surface area contributed by atoms with Gasteiger partial charge in [0.05, 0.1) is 6.04 Å². The van der Waals surface area contributed by atoms with Crippen LogP contribution in [0.1, 0.15) is 33.1 Å². The van der Waals surface area contributed by atoms with Crippen LogP contribution in [0.4, 0.5) is 11.5 Å². The number of halogens is 2. The van der Waals surface area contributed by atoms with Crippen LogP contribution in [0.3, 0.4) is 0 Å². The van der Waals surface area contributed by atoms with Crippen molar-refractivity contribution in [3.05, 3.63) is 148 Å². The quantitative estimate of drug-likeness (QED) is 0.100. The van der Waals surface area contributed by atoms with Gasteiger partial charge in [0.1, 0.15) is 11.0 Å². The fourth-order valence-electron chi connectivity index (χ4n) is 5.29. The zero-order chi connectivity index (χ0) is 30.3. The average molecular weight is 641 g/mol. The lowest BCUT2D eigenvalue weighted by Gasteiger charge is -2.36. The van der Waals surface area contributed by atoms with Gasteiger partial charge in [0.25, 0.3) is 5.91 Å². The van der Waals surface area contributed by atoms with E-state index in [0.29, 0.717) is 21.6 Å². The molecule has 0 saturated carbocycles. The third kappa shape index (κ3) is 7.53. The fourth-order valence-corrected chi connectivity index (χ4v) is 6.50. The Morgan fingerprint density at radius 1 is 0.750 bits per heavy atom. The average Bonchev–Trinajstić information content (AvgIpc) is 3.07. The monoisotopic (exact) mass is 639 g/mol. The van der Waals surface area contributed by atoms with Gasteiger partial charge in [-0.3, -0.25) is 4.79 Å². The van der Waals surface area contributed by atoms with Crippen molar-refractivity contribution in [1.29, 1.82) is 0 Å². The van der Waals surface area contributed by atoms with Gasteiger partial charge in [-0.1, -0.05) is 114 Å². The first-order valence-electron chi connectivity index (χ1n) is 14.4. The van der Waals surface area contributed by atoms with E-state index in [4.69, 9.17) is 28.2 Å². The molecule has 1 aromatic heterocycles. The Hall–Kier alpha value is -4.04. The number of benzene rings is 4. The highest BCUT2D eigenvalue weighted by Gasteiger charge is 2.21. The van der Waals surface area contributed by atoms with Gasteiger partial charge in [-0.25, -0.2) is 9.97 Å². The number of carbonyl (C=O) groups excluding carboxylic acids is 1. The lowest BCUT2D eigenvalue weighted by Crippen LogP contribution is -2.46. The van der Waals surface area contributed by atoms with Crippen molar-refractivity contribution in [3.8, 4) is 0 Å². The highest BCUT2D eigenvalue weighted by atomic mass is 35.5. The Bertz CT molecular complexity index is 1680. The van der Waals surface area contributed by atoms with Gasteiger partial charge in [0.15, 0.2) is 5.16 Å². The minimum atomic E-state index is -0.256. The SMILES string of the molecule is O=C(NC(c1ccccc1)c1ccccc1)c1cccc(CSc2nc(Cl)cc(N3CCN(c4cccc(Cl)c4)CC3)n2)c1. The van der Waals surface area contributed by atoms with Crippen LogP contribution in [0.15, 0.2) is 120 Å².